The summed E-state index contributed by atoms with van der Waals surface area (Å²) in [7, 11) is 0. The van der Waals surface area contributed by atoms with Crippen LogP contribution in [0.4, 0.5) is 13.2 Å². The summed E-state index contributed by atoms with van der Waals surface area (Å²) in [5.41, 5.74) is -1.54. The summed E-state index contributed by atoms with van der Waals surface area (Å²) in [6.45, 7) is 0. The monoisotopic (exact) mass is 286 g/mol. The molecule has 1 aromatic carbocycles. The van der Waals surface area contributed by atoms with E-state index >= 15 is 0 Å². The van der Waals surface area contributed by atoms with Gasteiger partial charge in [0.2, 0.25) is 0 Å². The number of hydrogen-bond acceptors (Lipinski definition) is 4. The standard InChI is InChI=1S/C14H5F3N4/c15-14(16,17)12-3-1-9(2-4-12)13(10(5-18)6-19)11(7-20)8-21/h1-4,10H. The van der Waals surface area contributed by atoms with Crippen molar-refractivity contribution in [2.24, 2.45) is 5.92 Å². The Kier molecular flexibility index (Phi) is 4.68. The van der Waals surface area contributed by atoms with Crippen molar-refractivity contribution in [3.05, 3.63) is 41.0 Å². The second kappa shape index (κ2) is 6.24. The molecular weight excluding hydrogens is 281 g/mol. The quantitative estimate of drug-likeness (QED) is 0.780. The van der Waals surface area contributed by atoms with Gasteiger partial charge in [0.05, 0.1) is 17.7 Å². The third kappa shape index (κ3) is 3.38. The maximum Gasteiger partial charge on any atom is 0.416 e. The Morgan fingerprint density at radius 1 is 0.905 bits per heavy atom. The Bertz CT molecular complexity index is 701. The van der Waals surface area contributed by atoms with E-state index in [0.29, 0.717) is 0 Å². The van der Waals surface area contributed by atoms with Crippen molar-refractivity contribution in [1.82, 2.24) is 0 Å². The highest BCUT2D eigenvalue weighted by Gasteiger charge is 2.30. The molecule has 0 aromatic heterocycles. The molecule has 0 spiro atoms. The Morgan fingerprint density at radius 2 is 1.38 bits per heavy atom. The minimum absolute atomic E-state index is 0.0502. The molecule has 21 heavy (non-hydrogen) atoms. The van der Waals surface area contributed by atoms with Crippen LogP contribution in [0.2, 0.25) is 0 Å². The maximum atomic E-state index is 12.5. The number of nitrogens with zero attached hydrogens (tertiary/aromatic N) is 4. The molecule has 0 saturated carbocycles. The van der Waals surface area contributed by atoms with Crippen molar-refractivity contribution in [3.8, 4) is 24.3 Å². The van der Waals surface area contributed by atoms with Crippen molar-refractivity contribution in [2.45, 2.75) is 6.18 Å². The van der Waals surface area contributed by atoms with Gasteiger partial charge in [0.15, 0.2) is 5.92 Å². The molecule has 7 heteroatoms. The van der Waals surface area contributed by atoms with Crippen molar-refractivity contribution in [1.29, 1.82) is 21.0 Å². The normalized spacial score (nSPS) is 9.90. The van der Waals surface area contributed by atoms with E-state index in [1.54, 1.807) is 12.1 Å². The molecular formula is C14H5F3N4. The molecule has 0 bridgehead atoms. The van der Waals surface area contributed by atoms with Gasteiger partial charge in [0.25, 0.3) is 0 Å². The number of halogens is 3. The van der Waals surface area contributed by atoms with Gasteiger partial charge < -0.3 is 0 Å². The molecule has 1 rings (SSSR count). The lowest BCUT2D eigenvalue weighted by Gasteiger charge is -2.10. The Morgan fingerprint density at radius 3 is 1.71 bits per heavy atom. The van der Waals surface area contributed by atoms with Crippen molar-refractivity contribution in [3.63, 3.8) is 0 Å². The van der Waals surface area contributed by atoms with Crippen LogP contribution >= 0.6 is 0 Å². The van der Waals surface area contributed by atoms with E-state index in [2.05, 4.69) is 0 Å². The van der Waals surface area contributed by atoms with E-state index in [9.17, 15) is 13.2 Å². The molecule has 102 valence electrons. The van der Waals surface area contributed by atoms with Gasteiger partial charge in [-0.2, -0.15) is 34.2 Å². The van der Waals surface area contributed by atoms with Gasteiger partial charge in [0.1, 0.15) is 17.7 Å². The molecule has 0 aliphatic rings. The van der Waals surface area contributed by atoms with Gasteiger partial charge in [-0.25, -0.2) is 0 Å². The fraction of sp³-hybridized carbons (Fsp3) is 0.143. The van der Waals surface area contributed by atoms with Crippen LogP contribution in [0.5, 0.6) is 0 Å². The average Bonchev–Trinajstić information content (AvgIpc) is 2.47. The highest BCUT2D eigenvalue weighted by atomic mass is 19.4. The van der Waals surface area contributed by atoms with Crippen molar-refractivity contribution >= 4 is 5.57 Å². The molecule has 1 aromatic rings. The zero-order chi connectivity index (χ0) is 16.0. The third-order valence-corrected chi connectivity index (χ3v) is 2.56. The minimum atomic E-state index is -4.53. The summed E-state index contributed by atoms with van der Waals surface area (Å²) in [5.74, 6) is -1.42. The average molecular weight is 286 g/mol. The smallest absolute Gasteiger partial charge is 0.196 e. The fourth-order valence-corrected chi connectivity index (χ4v) is 1.60. The number of benzene rings is 1. The molecule has 0 fully saturated rings. The first kappa shape index (κ1) is 15.8. The fourth-order valence-electron chi connectivity index (χ4n) is 1.60. The SMILES string of the molecule is N#CC(C#N)=C(c1ccc(C(F)(F)F)cc1)C(C#N)C#N. The van der Waals surface area contributed by atoms with Gasteiger partial charge in [-0.1, -0.05) is 12.1 Å². The first-order chi connectivity index (χ1) is 9.88. The summed E-state index contributed by atoms with van der Waals surface area (Å²) in [6, 6.07) is 9.84. The van der Waals surface area contributed by atoms with E-state index in [1.807, 2.05) is 0 Å². The molecule has 0 atom stereocenters. The second-order valence-corrected chi connectivity index (χ2v) is 3.78. The van der Waals surface area contributed by atoms with Crippen LogP contribution in [0.3, 0.4) is 0 Å². The predicted octanol–water partition coefficient (Wildman–Crippen LogP) is 3.17. The number of alkyl halides is 3. The topological polar surface area (TPSA) is 95.2 Å². The highest BCUT2D eigenvalue weighted by molar-refractivity contribution is 5.79. The van der Waals surface area contributed by atoms with Gasteiger partial charge in [-0.05, 0) is 17.7 Å². The Hall–Kier alpha value is -3.29. The number of nitriles is 4. The third-order valence-electron chi connectivity index (χ3n) is 2.56. The van der Waals surface area contributed by atoms with E-state index in [-0.39, 0.29) is 11.1 Å². The summed E-state index contributed by atoms with van der Waals surface area (Å²) < 4.78 is 37.4. The largest absolute Gasteiger partial charge is 0.416 e. The molecule has 4 nitrogen and oxygen atoms in total. The minimum Gasteiger partial charge on any atom is -0.196 e. The Labute approximate surface area is 118 Å². The first-order valence-electron chi connectivity index (χ1n) is 5.40. The summed E-state index contributed by atoms with van der Waals surface area (Å²) in [4.78, 5) is 0. The number of allylic oxidation sites excluding steroid dienone is 2. The van der Waals surface area contributed by atoms with Crippen LogP contribution < -0.4 is 0 Å². The summed E-state index contributed by atoms with van der Waals surface area (Å²) >= 11 is 0. The molecule has 0 aliphatic heterocycles. The van der Waals surface area contributed by atoms with Crippen molar-refractivity contribution in [2.75, 3.05) is 0 Å². The molecule has 0 amide bonds. The predicted molar refractivity (Wildman–Crippen MR) is 64.3 cm³/mol. The molecule has 0 N–H and O–H groups in total. The summed E-state index contributed by atoms with van der Waals surface area (Å²) in [5, 5.41) is 35.5. The lowest BCUT2D eigenvalue weighted by Crippen LogP contribution is -2.06. The van der Waals surface area contributed by atoms with Crippen LogP contribution in [0, 0.1) is 51.2 Å². The lowest BCUT2D eigenvalue weighted by molar-refractivity contribution is -0.137. The molecule has 0 heterocycles. The molecule has 0 aliphatic carbocycles. The highest BCUT2D eigenvalue weighted by Crippen LogP contribution is 2.32. The van der Waals surface area contributed by atoms with Crippen LogP contribution in [-0.2, 0) is 6.18 Å². The Balaban J connectivity index is 3.49. The number of rotatable bonds is 2. The van der Waals surface area contributed by atoms with E-state index in [4.69, 9.17) is 21.0 Å². The summed E-state index contributed by atoms with van der Waals surface area (Å²) in [6.07, 6.45) is -4.53. The van der Waals surface area contributed by atoms with Gasteiger partial charge >= 0.3 is 6.18 Å². The molecule has 0 unspecified atom stereocenters. The van der Waals surface area contributed by atoms with Crippen LogP contribution in [-0.4, -0.2) is 0 Å². The first-order valence-corrected chi connectivity index (χ1v) is 5.40. The van der Waals surface area contributed by atoms with E-state index < -0.39 is 23.2 Å². The lowest BCUT2D eigenvalue weighted by atomic mass is 9.90. The zero-order valence-corrected chi connectivity index (χ0v) is 10.3. The van der Waals surface area contributed by atoms with Crippen molar-refractivity contribution < 1.29 is 13.2 Å². The molecule has 0 saturated heterocycles. The molecule has 0 radical (unpaired) electrons. The van der Waals surface area contributed by atoms with E-state index in [1.165, 1.54) is 12.1 Å². The maximum absolute atomic E-state index is 12.5. The zero-order valence-electron chi connectivity index (χ0n) is 10.3. The second-order valence-electron chi connectivity index (χ2n) is 3.78. The van der Waals surface area contributed by atoms with Crippen LogP contribution in [0.1, 0.15) is 11.1 Å². The van der Waals surface area contributed by atoms with Gasteiger partial charge in [0, 0.05) is 5.57 Å². The van der Waals surface area contributed by atoms with Gasteiger partial charge in [-0.15, -0.1) is 0 Å². The van der Waals surface area contributed by atoms with E-state index in [0.717, 1.165) is 24.3 Å². The van der Waals surface area contributed by atoms with Gasteiger partial charge in [-0.3, -0.25) is 0 Å². The van der Waals surface area contributed by atoms with Crippen LogP contribution in [0.25, 0.3) is 5.57 Å². The number of hydrogen-bond donors (Lipinski definition) is 0. The van der Waals surface area contributed by atoms with Crippen LogP contribution in [0.15, 0.2) is 29.8 Å².